The summed E-state index contributed by atoms with van der Waals surface area (Å²) in [6.07, 6.45) is -0.213. The number of benzene rings is 2. The van der Waals surface area contributed by atoms with Gasteiger partial charge in [0.1, 0.15) is 11.6 Å². The maximum atomic E-state index is 13.2. The van der Waals surface area contributed by atoms with E-state index in [0.29, 0.717) is 17.2 Å². The zero-order valence-electron chi connectivity index (χ0n) is 16.7. The predicted octanol–water partition coefficient (Wildman–Crippen LogP) is 6.35. The summed E-state index contributed by atoms with van der Waals surface area (Å²) in [4.78, 5) is 9.24. The summed E-state index contributed by atoms with van der Waals surface area (Å²) in [6.45, 7) is 3.63. The molecule has 0 aliphatic heterocycles. The Morgan fingerprint density at radius 3 is 2.47 bits per heavy atom. The quantitative estimate of drug-likeness (QED) is 0.430. The minimum absolute atomic E-state index is 0.0778. The van der Waals surface area contributed by atoms with E-state index in [0.717, 1.165) is 53.2 Å². The van der Waals surface area contributed by atoms with Crippen LogP contribution in [0, 0.1) is 6.92 Å². The summed E-state index contributed by atoms with van der Waals surface area (Å²) >= 11 is 3.68. The van der Waals surface area contributed by atoms with Crippen LogP contribution < -0.4 is 11.1 Å². The Kier molecular flexibility index (Phi) is 5.38. The molecule has 0 saturated carbocycles. The lowest BCUT2D eigenvalue weighted by atomic mass is 9.89. The van der Waals surface area contributed by atoms with Crippen molar-refractivity contribution in [1.82, 2.24) is 9.97 Å². The lowest BCUT2D eigenvalue weighted by molar-refractivity contribution is -0.137. The Bertz CT molecular complexity index is 1130. The summed E-state index contributed by atoms with van der Waals surface area (Å²) < 4.78 is 40.6. The van der Waals surface area contributed by atoms with Crippen LogP contribution in [0.4, 0.5) is 24.7 Å². The number of aromatic nitrogens is 2. The largest absolute Gasteiger partial charge is 0.416 e. The van der Waals surface area contributed by atoms with Crippen molar-refractivity contribution in [3.63, 3.8) is 0 Å². The summed E-state index contributed by atoms with van der Waals surface area (Å²) in [6, 6.07) is 5.21. The van der Waals surface area contributed by atoms with Crippen LogP contribution in [-0.2, 0) is 19.0 Å². The van der Waals surface area contributed by atoms with Gasteiger partial charge in [-0.2, -0.15) is 13.2 Å². The third kappa shape index (κ3) is 3.97. The number of alkyl halides is 3. The van der Waals surface area contributed by atoms with Gasteiger partial charge in [-0.05, 0) is 80.5 Å². The minimum Gasteiger partial charge on any atom is -0.399 e. The van der Waals surface area contributed by atoms with Gasteiger partial charge in [-0.1, -0.05) is 15.9 Å². The molecule has 4 nitrogen and oxygen atoms in total. The highest BCUT2D eigenvalue weighted by Crippen LogP contribution is 2.38. The Balaban J connectivity index is 1.78. The van der Waals surface area contributed by atoms with Gasteiger partial charge in [0.2, 0.25) is 0 Å². The predicted molar refractivity (Wildman–Crippen MR) is 117 cm³/mol. The number of aryl methyl sites for hydroxylation is 2. The molecule has 0 radical (unpaired) electrons. The first-order valence-electron chi connectivity index (χ1n) is 9.86. The molecule has 1 aliphatic rings. The molecular formula is C22H22BrF3N4. The van der Waals surface area contributed by atoms with Crippen molar-refractivity contribution in [2.24, 2.45) is 0 Å². The number of hydrogen-bond donors (Lipinski definition) is 2. The standard InChI is InChI=1S/C22H22BrF3N4/c1-11(13-7-14(22(24,25)26)9-15(27)8-13)28-21-18-10-19(23)16-5-3-4-6-17(16)20(18)29-12(2)30-21/h7-11H,3-6,27H2,1-2H3,(H,28,29,30)/t11-/m1/s1. The zero-order valence-corrected chi connectivity index (χ0v) is 18.3. The van der Waals surface area contributed by atoms with Crippen LogP contribution in [0.1, 0.15) is 53.9 Å². The SMILES string of the molecule is Cc1nc(N[C@H](C)c2cc(N)cc(C(F)(F)F)c2)c2cc(Br)c3c(c2n1)CCCC3. The smallest absolute Gasteiger partial charge is 0.399 e. The van der Waals surface area contributed by atoms with Gasteiger partial charge in [-0.15, -0.1) is 0 Å². The van der Waals surface area contributed by atoms with Crippen LogP contribution in [-0.4, -0.2) is 9.97 Å². The summed E-state index contributed by atoms with van der Waals surface area (Å²) in [5.41, 5.74) is 8.94. The average molecular weight is 479 g/mol. The molecule has 1 heterocycles. The topological polar surface area (TPSA) is 63.8 Å². The third-order valence-electron chi connectivity index (χ3n) is 5.53. The monoisotopic (exact) mass is 478 g/mol. The molecule has 0 fully saturated rings. The molecule has 2 aromatic carbocycles. The Hall–Kier alpha value is -2.35. The number of halogens is 4. The number of fused-ring (bicyclic) bond motifs is 3. The van der Waals surface area contributed by atoms with Gasteiger partial charge in [0.15, 0.2) is 0 Å². The molecule has 3 N–H and O–H groups in total. The normalized spacial score (nSPS) is 15.1. The van der Waals surface area contributed by atoms with E-state index >= 15 is 0 Å². The van der Waals surface area contributed by atoms with Gasteiger partial charge < -0.3 is 11.1 Å². The van der Waals surface area contributed by atoms with Crippen LogP contribution in [0.15, 0.2) is 28.7 Å². The number of nitrogens with one attached hydrogen (secondary N) is 1. The second-order valence-electron chi connectivity index (χ2n) is 7.79. The maximum absolute atomic E-state index is 13.2. The molecule has 30 heavy (non-hydrogen) atoms. The first kappa shape index (κ1) is 20.9. The highest BCUT2D eigenvalue weighted by molar-refractivity contribution is 9.10. The molecule has 1 atom stereocenters. The molecule has 0 saturated heterocycles. The summed E-state index contributed by atoms with van der Waals surface area (Å²) in [5.74, 6) is 1.23. The van der Waals surface area contributed by atoms with Crippen LogP contribution in [0.5, 0.6) is 0 Å². The van der Waals surface area contributed by atoms with Crippen LogP contribution in [0.25, 0.3) is 10.9 Å². The lowest BCUT2D eigenvalue weighted by Crippen LogP contribution is -2.13. The van der Waals surface area contributed by atoms with E-state index in [2.05, 4.69) is 26.2 Å². The van der Waals surface area contributed by atoms with E-state index in [-0.39, 0.29) is 5.69 Å². The fraction of sp³-hybridized carbons (Fsp3) is 0.364. The van der Waals surface area contributed by atoms with E-state index in [9.17, 15) is 13.2 Å². The first-order chi connectivity index (χ1) is 14.1. The Morgan fingerprint density at radius 1 is 1.07 bits per heavy atom. The molecule has 0 bridgehead atoms. The van der Waals surface area contributed by atoms with Crippen molar-refractivity contribution in [3.05, 3.63) is 56.8 Å². The van der Waals surface area contributed by atoms with Crippen molar-refractivity contribution >= 4 is 38.3 Å². The van der Waals surface area contributed by atoms with E-state index in [4.69, 9.17) is 10.7 Å². The average Bonchev–Trinajstić information content (AvgIpc) is 2.68. The number of anilines is 2. The molecule has 8 heteroatoms. The minimum atomic E-state index is -4.45. The van der Waals surface area contributed by atoms with Crippen LogP contribution >= 0.6 is 15.9 Å². The van der Waals surface area contributed by atoms with Crippen LogP contribution in [0.3, 0.4) is 0 Å². The van der Waals surface area contributed by atoms with Gasteiger partial charge in [0, 0.05) is 15.5 Å². The first-order valence-corrected chi connectivity index (χ1v) is 10.7. The molecule has 4 rings (SSSR count). The number of hydrogen-bond acceptors (Lipinski definition) is 4. The van der Waals surface area contributed by atoms with Gasteiger partial charge in [-0.25, -0.2) is 9.97 Å². The molecule has 0 spiro atoms. The highest BCUT2D eigenvalue weighted by Gasteiger charge is 2.31. The number of rotatable bonds is 3. The van der Waals surface area contributed by atoms with Crippen LogP contribution in [0.2, 0.25) is 0 Å². The summed E-state index contributed by atoms with van der Waals surface area (Å²) in [7, 11) is 0. The molecule has 0 amide bonds. The summed E-state index contributed by atoms with van der Waals surface area (Å²) in [5, 5.41) is 4.15. The number of nitrogen functional groups attached to an aromatic ring is 1. The van der Waals surface area contributed by atoms with Gasteiger partial charge in [-0.3, -0.25) is 0 Å². The molecule has 0 unspecified atom stereocenters. The van der Waals surface area contributed by atoms with Gasteiger partial charge >= 0.3 is 6.18 Å². The molecule has 1 aromatic heterocycles. The lowest BCUT2D eigenvalue weighted by Gasteiger charge is -2.22. The zero-order chi connectivity index (χ0) is 21.6. The maximum Gasteiger partial charge on any atom is 0.416 e. The fourth-order valence-electron chi connectivity index (χ4n) is 4.08. The van der Waals surface area contributed by atoms with Crippen molar-refractivity contribution in [2.75, 3.05) is 11.1 Å². The van der Waals surface area contributed by atoms with Crippen molar-refractivity contribution in [2.45, 2.75) is 51.7 Å². The highest BCUT2D eigenvalue weighted by atomic mass is 79.9. The van der Waals surface area contributed by atoms with Crippen molar-refractivity contribution < 1.29 is 13.2 Å². The second kappa shape index (κ2) is 7.72. The van der Waals surface area contributed by atoms with E-state index < -0.39 is 17.8 Å². The van der Waals surface area contributed by atoms with Crippen molar-refractivity contribution in [1.29, 1.82) is 0 Å². The van der Waals surface area contributed by atoms with E-state index in [1.54, 1.807) is 13.0 Å². The van der Waals surface area contributed by atoms with E-state index in [1.807, 2.05) is 13.0 Å². The molecule has 3 aromatic rings. The van der Waals surface area contributed by atoms with Gasteiger partial charge in [0.05, 0.1) is 17.1 Å². The molecule has 158 valence electrons. The second-order valence-corrected chi connectivity index (χ2v) is 8.64. The third-order valence-corrected chi connectivity index (χ3v) is 6.24. The van der Waals surface area contributed by atoms with Gasteiger partial charge in [0.25, 0.3) is 0 Å². The van der Waals surface area contributed by atoms with E-state index in [1.165, 1.54) is 11.1 Å². The molecular weight excluding hydrogens is 457 g/mol. The van der Waals surface area contributed by atoms with Crippen molar-refractivity contribution in [3.8, 4) is 0 Å². The Morgan fingerprint density at radius 2 is 1.77 bits per heavy atom. The fourth-order valence-corrected chi connectivity index (χ4v) is 4.75. The Labute approximate surface area is 181 Å². The number of nitrogens with zero attached hydrogens (tertiary/aromatic N) is 2. The molecule has 1 aliphatic carbocycles. The number of nitrogens with two attached hydrogens (primary N) is 1.